The highest BCUT2D eigenvalue weighted by Gasteiger charge is 2.18. The summed E-state index contributed by atoms with van der Waals surface area (Å²) < 4.78 is 261. The Morgan fingerprint density at radius 3 is 2.00 bits per heavy atom. The Labute approximate surface area is 321 Å². The molecule has 0 unspecified atom stereocenters. The van der Waals surface area contributed by atoms with Gasteiger partial charge < -0.3 is 13.7 Å². The van der Waals surface area contributed by atoms with E-state index in [2.05, 4.69) is 4.98 Å². The number of benzene rings is 8. The molecule has 10 rings (SSSR count). The van der Waals surface area contributed by atoms with Gasteiger partial charge in [-0.1, -0.05) is 109 Å². The third-order valence-corrected chi connectivity index (χ3v) is 7.44. The van der Waals surface area contributed by atoms with Crippen LogP contribution in [0.5, 0.6) is 0 Å². The minimum atomic E-state index is -1.21. The molecule has 0 aliphatic carbocycles. The normalized spacial score (nSPS) is 19.7. The molecule has 49 heavy (non-hydrogen) atoms. The van der Waals surface area contributed by atoms with E-state index in [1.165, 1.54) is 0 Å². The van der Waals surface area contributed by atoms with Crippen LogP contribution in [0.3, 0.4) is 0 Å². The number of furan rings is 1. The van der Waals surface area contributed by atoms with Gasteiger partial charge in [-0.15, -0.1) is 0 Å². The van der Waals surface area contributed by atoms with Crippen LogP contribution in [0.25, 0.3) is 77.2 Å². The van der Waals surface area contributed by atoms with Crippen molar-refractivity contribution in [3.63, 3.8) is 0 Å². The Bertz CT molecular complexity index is 4370. The molecule has 0 saturated heterocycles. The van der Waals surface area contributed by atoms with Gasteiger partial charge in [0.05, 0.1) is 38.4 Å². The summed E-state index contributed by atoms with van der Waals surface area (Å²) in [5.41, 5.74) is -7.74. The fourth-order valence-corrected chi connectivity index (χ4v) is 5.32. The first-order valence-electron chi connectivity index (χ1n) is 28.2. The lowest BCUT2D eigenvalue weighted by atomic mass is 9.99. The van der Waals surface area contributed by atoms with E-state index in [4.69, 9.17) is 37.6 Å². The molecule has 4 nitrogen and oxygen atoms in total. The summed E-state index contributed by atoms with van der Waals surface area (Å²) in [5, 5.41) is -3.45. The summed E-state index contributed by atoms with van der Waals surface area (Å²) in [7, 11) is 0. The maximum absolute atomic E-state index is 9.98. The van der Waals surface area contributed by atoms with Gasteiger partial charge in [-0.2, -0.15) is 0 Å². The predicted molar refractivity (Wildman–Crippen MR) is 202 cm³/mol. The van der Waals surface area contributed by atoms with Gasteiger partial charge in [0.15, 0.2) is 5.58 Å². The molecule has 0 N–H and O–H groups in total. The van der Waals surface area contributed by atoms with Crippen LogP contribution in [-0.2, 0) is 0 Å². The average molecular weight is 657 g/mol. The SMILES string of the molecule is [2H]c1c([2H])c([2H])c(-c2nc3c([2H])c([2H])c4c([2H])c([2H])c5c([2H])c([2H])c(N(c6c([2H])c([2H])c([2H])c([2H])c6[2H])c6c([2H])c([2H])c(-c7c([2H])c([2H])c([2H])c8c7oc7c([2H])c([2H])c([2H])c([2H])c78)c([2H])c6[2H])c([2H])c5c4c3o2)c([2H])c1[2H]. The van der Waals surface area contributed by atoms with Gasteiger partial charge in [0.25, 0.3) is 0 Å². The molecule has 0 aliphatic rings. The van der Waals surface area contributed by atoms with Crippen LogP contribution in [0.4, 0.5) is 17.1 Å². The van der Waals surface area contributed by atoms with Gasteiger partial charge >= 0.3 is 0 Å². The summed E-state index contributed by atoms with van der Waals surface area (Å²) in [6.07, 6.45) is 0. The molecular weight excluding hydrogens is 601 g/mol. The van der Waals surface area contributed by atoms with E-state index in [0.717, 1.165) is 0 Å². The zero-order valence-corrected chi connectivity index (χ0v) is 24.2. The summed E-state index contributed by atoms with van der Waals surface area (Å²) in [4.78, 5) is 4.62. The molecule has 2 heterocycles. The van der Waals surface area contributed by atoms with Gasteiger partial charge in [-0.3, -0.25) is 0 Å². The average Bonchev–Trinajstić information content (AvgIpc) is 4.06. The third-order valence-electron chi connectivity index (χ3n) is 7.44. The van der Waals surface area contributed by atoms with E-state index in [1.54, 1.807) is 0 Å². The van der Waals surface area contributed by atoms with Crippen LogP contribution in [0, 0.1) is 0 Å². The maximum atomic E-state index is 9.98. The van der Waals surface area contributed by atoms with E-state index in [0.29, 0.717) is 4.90 Å². The molecular formula is C45H28N2O2. The van der Waals surface area contributed by atoms with Crippen molar-refractivity contribution >= 4 is 71.6 Å². The van der Waals surface area contributed by atoms with Crippen LogP contribution in [-0.4, -0.2) is 4.98 Å². The number of hydrogen-bond donors (Lipinski definition) is 0. The van der Waals surface area contributed by atoms with Crippen LogP contribution in [0.15, 0.2) is 178 Å². The minimum absolute atomic E-state index is 0.401. The Morgan fingerprint density at radius 2 is 1.14 bits per heavy atom. The highest BCUT2D eigenvalue weighted by molar-refractivity contribution is 6.18. The summed E-state index contributed by atoms with van der Waals surface area (Å²) in [5.74, 6) is -0.723. The highest BCUT2D eigenvalue weighted by atomic mass is 16.3. The second-order valence-corrected chi connectivity index (χ2v) is 10.2. The second-order valence-electron chi connectivity index (χ2n) is 10.2. The maximum Gasteiger partial charge on any atom is 0.227 e. The highest BCUT2D eigenvalue weighted by Crippen LogP contribution is 2.41. The number of fused-ring (bicyclic) bond motifs is 8. The molecule has 0 atom stereocenters. The van der Waals surface area contributed by atoms with Gasteiger partial charge in [-0.25, -0.2) is 4.98 Å². The lowest BCUT2D eigenvalue weighted by molar-refractivity contribution is 0.623. The molecule has 0 radical (unpaired) electrons. The molecule has 2 aromatic heterocycles. The Kier molecular flexibility index (Phi) is 2.57. The van der Waals surface area contributed by atoms with Crippen molar-refractivity contribution < 1.29 is 47.2 Å². The first-order valence-corrected chi connectivity index (χ1v) is 14.2. The van der Waals surface area contributed by atoms with E-state index < -0.39 is 263 Å². The van der Waals surface area contributed by atoms with Crippen molar-refractivity contribution in [2.75, 3.05) is 4.90 Å². The molecule has 10 aromatic rings. The lowest BCUT2D eigenvalue weighted by Crippen LogP contribution is -2.09. The molecule has 0 bridgehead atoms. The van der Waals surface area contributed by atoms with Crippen molar-refractivity contribution in [3.05, 3.63) is 169 Å². The van der Waals surface area contributed by atoms with Crippen molar-refractivity contribution in [2.24, 2.45) is 0 Å². The Hall–Kier alpha value is -6.65. The molecule has 0 fully saturated rings. The molecule has 0 aliphatic heterocycles. The van der Waals surface area contributed by atoms with E-state index in [9.17, 15) is 9.60 Å². The molecule has 0 amide bonds. The molecule has 4 heteroatoms. The van der Waals surface area contributed by atoms with Crippen molar-refractivity contribution in [1.82, 2.24) is 4.98 Å². The number of anilines is 3. The second kappa shape index (κ2) is 11.0. The van der Waals surface area contributed by atoms with Gasteiger partial charge in [0.1, 0.15) is 16.7 Å². The number of para-hydroxylation sites is 3. The fraction of sp³-hybridized carbons (Fsp3) is 0. The van der Waals surface area contributed by atoms with Crippen LogP contribution in [0.1, 0.15) is 38.4 Å². The Morgan fingerprint density at radius 1 is 0.469 bits per heavy atom. The largest absolute Gasteiger partial charge is 0.455 e. The summed E-state index contributed by atoms with van der Waals surface area (Å²) in [6.45, 7) is 0. The molecule has 230 valence electrons. The number of hydrogen-bond acceptors (Lipinski definition) is 4. The van der Waals surface area contributed by atoms with Crippen LogP contribution in [0.2, 0.25) is 0 Å². The fourth-order valence-electron chi connectivity index (χ4n) is 5.32. The van der Waals surface area contributed by atoms with Crippen molar-refractivity contribution in [3.8, 4) is 22.6 Å². The zero-order chi connectivity index (χ0) is 56.7. The van der Waals surface area contributed by atoms with Crippen molar-refractivity contribution in [2.45, 2.75) is 0 Å². The van der Waals surface area contributed by atoms with Gasteiger partial charge in [-0.05, 0) is 82.1 Å². The zero-order valence-electron chi connectivity index (χ0n) is 52.2. The topological polar surface area (TPSA) is 42.4 Å². The minimum Gasteiger partial charge on any atom is -0.455 e. The monoisotopic (exact) mass is 656 g/mol. The van der Waals surface area contributed by atoms with Gasteiger partial charge in [0, 0.05) is 44.3 Å². The van der Waals surface area contributed by atoms with Crippen LogP contribution < -0.4 is 4.90 Å². The van der Waals surface area contributed by atoms with Crippen molar-refractivity contribution in [1.29, 1.82) is 0 Å². The number of aromatic nitrogens is 1. The summed E-state index contributed by atoms with van der Waals surface area (Å²) >= 11 is 0. The van der Waals surface area contributed by atoms with Crippen LogP contribution >= 0.6 is 0 Å². The quantitative estimate of drug-likeness (QED) is 0.173. The Balaban J connectivity index is 1.39. The number of oxazole rings is 1. The first kappa shape index (κ1) is 11.5. The first-order chi connectivity index (χ1) is 35.9. The van der Waals surface area contributed by atoms with Gasteiger partial charge in [0.2, 0.25) is 5.89 Å². The number of rotatable bonds is 5. The lowest BCUT2D eigenvalue weighted by Gasteiger charge is -2.26. The number of nitrogens with zero attached hydrogens (tertiary/aromatic N) is 2. The predicted octanol–water partition coefficient (Wildman–Crippen LogP) is 12.8. The smallest absolute Gasteiger partial charge is 0.227 e. The molecule has 8 aromatic carbocycles. The van der Waals surface area contributed by atoms with E-state index in [-0.39, 0.29) is 0 Å². The third kappa shape index (κ3) is 4.49. The molecule has 0 spiro atoms. The standard InChI is InChI=1S/C45H28N2O2/c1-3-10-32(11-4-1)45-46-40-27-23-31-19-18-30-22-26-35(28-39(30)42(31)44(40)49-45)47(33-12-5-2-6-13-33)34-24-20-29(21-25-34)36-15-9-16-38-37-14-7-8-17-41(37)48-43(36)38/h1-28H/i1D,2D,3D,4D,5D,6D,7D,8D,9D,10D,11D,12D,13D,14D,15D,16D,17D,18D,19D,20D,21D,22D,23D,24D,25D,26D,27D,28D. The van der Waals surface area contributed by atoms with E-state index >= 15 is 0 Å². The van der Waals surface area contributed by atoms with E-state index in [1.807, 2.05) is 0 Å². The summed E-state index contributed by atoms with van der Waals surface area (Å²) in [6, 6.07) is -26.4. The molecule has 0 saturated carbocycles.